The van der Waals surface area contributed by atoms with Gasteiger partial charge in [0.1, 0.15) is 0 Å². The zero-order chi connectivity index (χ0) is 17.9. The molecule has 0 saturated heterocycles. The van der Waals surface area contributed by atoms with Gasteiger partial charge in [0.25, 0.3) is 0 Å². The quantitative estimate of drug-likeness (QED) is 0.558. The molecule has 0 unspecified atom stereocenters. The summed E-state index contributed by atoms with van der Waals surface area (Å²) in [4.78, 5) is 9.00. The van der Waals surface area contributed by atoms with E-state index in [1.54, 1.807) is 6.20 Å². The molecular weight excluding hydrogens is 348 g/mol. The molecule has 2 aromatic carbocycles. The van der Waals surface area contributed by atoms with E-state index in [9.17, 15) is 5.11 Å². The van der Waals surface area contributed by atoms with Crippen molar-refractivity contribution >= 4 is 23.1 Å². The highest BCUT2D eigenvalue weighted by Gasteiger charge is 2.10. The molecule has 0 aliphatic carbocycles. The van der Waals surface area contributed by atoms with E-state index in [1.165, 1.54) is 0 Å². The molecule has 26 heavy (non-hydrogen) atoms. The fourth-order valence-electron chi connectivity index (χ4n) is 2.87. The molecule has 0 aliphatic heterocycles. The van der Waals surface area contributed by atoms with Crippen LogP contribution in [-0.2, 0) is 13.2 Å². The van der Waals surface area contributed by atoms with Crippen molar-refractivity contribution in [1.29, 1.82) is 0 Å². The van der Waals surface area contributed by atoms with Crippen molar-refractivity contribution in [1.82, 2.24) is 14.4 Å². The van der Waals surface area contributed by atoms with E-state index in [2.05, 4.69) is 15.3 Å². The Morgan fingerprint density at radius 1 is 1.04 bits per heavy atom. The summed E-state index contributed by atoms with van der Waals surface area (Å²) in [6.07, 6.45) is 5.49. The lowest BCUT2D eigenvalue weighted by Gasteiger charge is -2.11. The van der Waals surface area contributed by atoms with Crippen molar-refractivity contribution in [3.63, 3.8) is 0 Å². The topological polar surface area (TPSA) is 62.5 Å². The van der Waals surface area contributed by atoms with E-state index in [0.717, 1.165) is 28.0 Å². The van der Waals surface area contributed by atoms with Crippen LogP contribution < -0.4 is 5.32 Å². The zero-order valence-electron chi connectivity index (χ0n) is 13.9. The number of aliphatic hydroxyl groups is 1. The monoisotopic (exact) mass is 364 g/mol. The van der Waals surface area contributed by atoms with Crippen LogP contribution in [0.1, 0.15) is 11.1 Å². The maximum atomic E-state index is 9.20. The highest BCUT2D eigenvalue weighted by Crippen LogP contribution is 2.24. The lowest BCUT2D eigenvalue weighted by molar-refractivity contribution is 0.282. The van der Waals surface area contributed by atoms with Crippen LogP contribution >= 0.6 is 11.6 Å². The zero-order valence-corrected chi connectivity index (χ0v) is 14.7. The summed E-state index contributed by atoms with van der Waals surface area (Å²) in [6.45, 7) is 0.645. The fraction of sp³-hybridized carbons (Fsp3) is 0.100. The van der Waals surface area contributed by atoms with Crippen molar-refractivity contribution in [2.45, 2.75) is 13.2 Å². The third-order valence-corrected chi connectivity index (χ3v) is 4.44. The summed E-state index contributed by atoms with van der Waals surface area (Å²) < 4.78 is 2.00. The molecule has 2 heterocycles. The number of nitrogens with one attached hydrogen (secondary N) is 1. The Morgan fingerprint density at radius 2 is 1.88 bits per heavy atom. The maximum Gasteiger partial charge on any atom is 0.180 e. The first-order valence-corrected chi connectivity index (χ1v) is 8.63. The molecule has 2 N–H and O–H groups in total. The number of aromatic nitrogens is 3. The molecule has 0 amide bonds. The fourth-order valence-corrected chi connectivity index (χ4v) is 3.08. The first-order chi connectivity index (χ1) is 12.7. The molecule has 4 aromatic rings. The first-order valence-electron chi connectivity index (χ1n) is 8.25. The number of fused-ring (bicyclic) bond motifs is 1. The molecule has 6 heteroatoms. The van der Waals surface area contributed by atoms with Gasteiger partial charge in [-0.25, -0.2) is 9.97 Å². The van der Waals surface area contributed by atoms with Crippen LogP contribution in [-0.4, -0.2) is 19.5 Å². The van der Waals surface area contributed by atoms with Gasteiger partial charge in [0, 0.05) is 29.5 Å². The van der Waals surface area contributed by atoms with Crippen LogP contribution in [0.4, 0.5) is 5.82 Å². The first kappa shape index (κ1) is 16.6. The summed E-state index contributed by atoms with van der Waals surface area (Å²) in [6, 6.07) is 15.5. The number of benzene rings is 2. The summed E-state index contributed by atoms with van der Waals surface area (Å²) in [5.74, 6) is 0.714. The lowest BCUT2D eigenvalue weighted by atomic mass is 10.1. The maximum absolute atomic E-state index is 9.20. The second-order valence-corrected chi connectivity index (χ2v) is 6.39. The average Bonchev–Trinajstić information content (AvgIpc) is 3.16. The largest absolute Gasteiger partial charge is 0.392 e. The molecule has 0 spiro atoms. The number of halogens is 1. The van der Waals surface area contributed by atoms with Gasteiger partial charge in [-0.1, -0.05) is 48.0 Å². The second-order valence-electron chi connectivity index (χ2n) is 5.95. The van der Waals surface area contributed by atoms with Crippen LogP contribution in [0, 0.1) is 0 Å². The predicted octanol–water partition coefficient (Wildman–Crippen LogP) is 4.15. The van der Waals surface area contributed by atoms with E-state index in [0.29, 0.717) is 17.4 Å². The molecule has 0 radical (unpaired) electrons. The van der Waals surface area contributed by atoms with Gasteiger partial charge in [0.2, 0.25) is 0 Å². The van der Waals surface area contributed by atoms with Crippen molar-refractivity contribution in [2.75, 3.05) is 5.32 Å². The Balaban J connectivity index is 1.65. The Kier molecular flexibility index (Phi) is 4.56. The van der Waals surface area contributed by atoms with Gasteiger partial charge in [-0.05, 0) is 23.3 Å². The molecule has 0 fully saturated rings. The van der Waals surface area contributed by atoms with Crippen LogP contribution in [0.2, 0.25) is 5.02 Å². The van der Waals surface area contributed by atoms with E-state index in [1.807, 2.05) is 65.3 Å². The molecular formula is C20H17ClN4O. The number of imidazole rings is 1. The molecule has 130 valence electrons. The minimum atomic E-state index is 0.0331. The summed E-state index contributed by atoms with van der Waals surface area (Å²) >= 11 is 6.04. The standard InChI is InChI=1S/C20H17ClN4O/c21-17-3-1-2-15(10-17)11-23-19-20-22-8-9-25(20)18(12-24-19)16-6-4-14(13-26)5-7-16/h1-10,12,26H,11,13H2,(H,23,24). The van der Waals surface area contributed by atoms with Crippen LogP contribution in [0.15, 0.2) is 67.1 Å². The smallest absolute Gasteiger partial charge is 0.180 e. The molecule has 5 nitrogen and oxygen atoms in total. The van der Waals surface area contributed by atoms with Crippen molar-refractivity contribution < 1.29 is 5.11 Å². The van der Waals surface area contributed by atoms with Gasteiger partial charge in [0.05, 0.1) is 18.5 Å². The third kappa shape index (κ3) is 3.27. The van der Waals surface area contributed by atoms with Gasteiger partial charge in [-0.15, -0.1) is 0 Å². The highest BCUT2D eigenvalue weighted by atomic mass is 35.5. The normalized spacial score (nSPS) is 11.0. The van der Waals surface area contributed by atoms with Crippen LogP contribution in [0.3, 0.4) is 0 Å². The van der Waals surface area contributed by atoms with E-state index in [4.69, 9.17) is 11.6 Å². The minimum Gasteiger partial charge on any atom is -0.392 e. The molecule has 4 rings (SSSR count). The molecule has 0 saturated carbocycles. The number of rotatable bonds is 5. The molecule has 0 aliphatic rings. The van der Waals surface area contributed by atoms with Crippen LogP contribution in [0.25, 0.3) is 16.9 Å². The number of anilines is 1. The SMILES string of the molecule is OCc1ccc(-c2cnc(NCc3cccc(Cl)c3)c3nccn23)cc1. The van der Waals surface area contributed by atoms with Crippen molar-refractivity contribution in [3.05, 3.63) is 83.3 Å². The highest BCUT2D eigenvalue weighted by molar-refractivity contribution is 6.30. The van der Waals surface area contributed by atoms with Crippen LogP contribution in [0.5, 0.6) is 0 Å². The number of nitrogens with zero attached hydrogens (tertiary/aromatic N) is 3. The van der Waals surface area contributed by atoms with Gasteiger partial charge in [-0.2, -0.15) is 0 Å². The third-order valence-electron chi connectivity index (χ3n) is 4.21. The van der Waals surface area contributed by atoms with Gasteiger partial charge < -0.3 is 10.4 Å². The Hall–Kier alpha value is -2.89. The Morgan fingerprint density at radius 3 is 2.65 bits per heavy atom. The van der Waals surface area contributed by atoms with E-state index < -0.39 is 0 Å². The van der Waals surface area contributed by atoms with Crippen molar-refractivity contribution in [2.24, 2.45) is 0 Å². The number of hydrogen-bond donors (Lipinski definition) is 2. The Labute approximate surface area is 155 Å². The minimum absolute atomic E-state index is 0.0331. The average molecular weight is 365 g/mol. The molecule has 2 aromatic heterocycles. The van der Waals surface area contributed by atoms with Gasteiger partial charge >= 0.3 is 0 Å². The molecule has 0 bridgehead atoms. The Bertz CT molecular complexity index is 1040. The summed E-state index contributed by atoms with van der Waals surface area (Å²) in [7, 11) is 0. The number of aliphatic hydroxyl groups excluding tert-OH is 1. The number of hydrogen-bond acceptors (Lipinski definition) is 4. The van der Waals surface area contributed by atoms with E-state index >= 15 is 0 Å². The second kappa shape index (κ2) is 7.15. The summed E-state index contributed by atoms with van der Waals surface area (Å²) in [5.41, 5.74) is 4.67. The predicted molar refractivity (Wildman–Crippen MR) is 103 cm³/mol. The summed E-state index contributed by atoms with van der Waals surface area (Å²) in [5, 5.41) is 13.2. The van der Waals surface area contributed by atoms with E-state index in [-0.39, 0.29) is 6.61 Å². The van der Waals surface area contributed by atoms with Crippen molar-refractivity contribution in [3.8, 4) is 11.3 Å². The van der Waals surface area contributed by atoms with Gasteiger partial charge in [0.15, 0.2) is 11.5 Å². The van der Waals surface area contributed by atoms with Gasteiger partial charge in [-0.3, -0.25) is 4.40 Å². The molecule has 0 atom stereocenters. The lowest BCUT2D eigenvalue weighted by Crippen LogP contribution is -2.05.